The first-order valence-corrected chi connectivity index (χ1v) is 11.4. The number of hydrogen-bond donors (Lipinski definition) is 1. The summed E-state index contributed by atoms with van der Waals surface area (Å²) in [6.45, 7) is 8.79. The third kappa shape index (κ3) is 3.57. The van der Waals surface area contributed by atoms with Gasteiger partial charge in [-0.1, -0.05) is 32.4 Å². The van der Waals surface area contributed by atoms with Gasteiger partial charge in [-0.2, -0.15) is 9.61 Å². The van der Waals surface area contributed by atoms with Crippen molar-refractivity contribution in [2.24, 2.45) is 5.92 Å². The van der Waals surface area contributed by atoms with Crippen LogP contribution in [0.1, 0.15) is 74.9 Å². The Hall–Kier alpha value is -1.59. The molecule has 5 nitrogen and oxygen atoms in total. The van der Waals surface area contributed by atoms with Gasteiger partial charge in [-0.15, -0.1) is 0 Å². The summed E-state index contributed by atoms with van der Waals surface area (Å²) in [5, 5.41) is 9.61. The number of ether oxygens (including phenoxy) is 1. The molecule has 1 N–H and O–H groups in total. The minimum Gasteiger partial charge on any atom is -0.377 e. The molecule has 0 bridgehead atoms. The van der Waals surface area contributed by atoms with Crippen molar-refractivity contribution in [3.05, 3.63) is 33.6 Å². The SMILES string of the molecule is CCC(CC)Nc1c2c(nc3c(C4CC(C)C(OC)C=C4Cl)c(C)nn13)CCC2. The van der Waals surface area contributed by atoms with Gasteiger partial charge in [0.2, 0.25) is 0 Å². The Morgan fingerprint density at radius 3 is 2.76 bits per heavy atom. The lowest BCUT2D eigenvalue weighted by atomic mass is 9.81. The molecule has 2 heterocycles. The molecule has 158 valence electrons. The standard InChI is InChI=1S/C23H33ClN4O/c1-6-15(7-2)25-22-16-9-8-10-19(16)26-23-21(14(4)27-28(22)23)17-11-13(3)20(29-5)12-18(17)24/h12-13,15,17,20,25H,6-11H2,1-5H3. The molecule has 2 aliphatic rings. The zero-order valence-electron chi connectivity index (χ0n) is 18.3. The molecule has 2 aromatic rings. The normalized spacial score (nSPS) is 24.2. The van der Waals surface area contributed by atoms with Gasteiger partial charge >= 0.3 is 0 Å². The van der Waals surface area contributed by atoms with E-state index in [1.54, 1.807) is 7.11 Å². The number of nitrogens with zero attached hydrogens (tertiary/aromatic N) is 3. The maximum atomic E-state index is 6.77. The Bertz CT molecular complexity index is 931. The van der Waals surface area contributed by atoms with Crippen LogP contribution in [0.2, 0.25) is 0 Å². The van der Waals surface area contributed by atoms with Gasteiger partial charge in [0.05, 0.1) is 11.8 Å². The van der Waals surface area contributed by atoms with Crippen LogP contribution in [0.4, 0.5) is 5.82 Å². The van der Waals surface area contributed by atoms with E-state index in [9.17, 15) is 0 Å². The summed E-state index contributed by atoms with van der Waals surface area (Å²) in [4.78, 5) is 5.11. The predicted molar refractivity (Wildman–Crippen MR) is 119 cm³/mol. The van der Waals surface area contributed by atoms with Crippen LogP contribution < -0.4 is 5.32 Å². The molecule has 3 atom stereocenters. The Morgan fingerprint density at radius 1 is 1.31 bits per heavy atom. The number of hydrogen-bond acceptors (Lipinski definition) is 4. The van der Waals surface area contributed by atoms with Crippen molar-refractivity contribution in [1.29, 1.82) is 0 Å². The molecule has 4 rings (SSSR count). The lowest BCUT2D eigenvalue weighted by Gasteiger charge is -2.30. The predicted octanol–water partition coefficient (Wildman–Crippen LogP) is 5.39. The number of aryl methyl sites for hydroxylation is 2. The second-order valence-electron chi connectivity index (χ2n) is 8.65. The van der Waals surface area contributed by atoms with Gasteiger partial charge in [-0.25, -0.2) is 4.98 Å². The van der Waals surface area contributed by atoms with Gasteiger partial charge in [0, 0.05) is 40.9 Å². The maximum absolute atomic E-state index is 6.77. The number of nitrogens with one attached hydrogen (secondary N) is 1. The Balaban J connectivity index is 1.86. The summed E-state index contributed by atoms with van der Waals surface area (Å²) >= 11 is 6.77. The van der Waals surface area contributed by atoms with Gasteiger partial charge in [-0.3, -0.25) is 0 Å². The van der Waals surface area contributed by atoms with E-state index in [2.05, 4.69) is 43.6 Å². The van der Waals surface area contributed by atoms with Crippen molar-refractivity contribution in [2.75, 3.05) is 12.4 Å². The van der Waals surface area contributed by atoms with Crippen LogP contribution in [0.15, 0.2) is 11.1 Å². The van der Waals surface area contributed by atoms with E-state index < -0.39 is 0 Å². The Morgan fingerprint density at radius 2 is 2.07 bits per heavy atom. The Kier molecular flexibility index (Phi) is 5.90. The number of rotatable bonds is 6. The fourth-order valence-electron chi connectivity index (χ4n) is 5.01. The summed E-state index contributed by atoms with van der Waals surface area (Å²) in [7, 11) is 1.75. The fourth-order valence-corrected chi connectivity index (χ4v) is 5.33. The van der Waals surface area contributed by atoms with E-state index in [-0.39, 0.29) is 12.0 Å². The van der Waals surface area contributed by atoms with Crippen LogP contribution in [0.25, 0.3) is 5.65 Å². The van der Waals surface area contributed by atoms with E-state index in [0.29, 0.717) is 12.0 Å². The number of aromatic nitrogens is 3. The molecule has 3 unspecified atom stereocenters. The average Bonchev–Trinajstić information content (AvgIpc) is 3.30. The quantitative estimate of drug-likeness (QED) is 0.686. The van der Waals surface area contributed by atoms with Crippen LogP contribution in [-0.4, -0.2) is 33.9 Å². The molecule has 6 heteroatoms. The smallest absolute Gasteiger partial charge is 0.161 e. The summed E-state index contributed by atoms with van der Waals surface area (Å²) in [5.41, 5.74) is 5.74. The Labute approximate surface area is 178 Å². The molecule has 0 saturated carbocycles. The van der Waals surface area contributed by atoms with E-state index in [0.717, 1.165) is 60.7 Å². The molecular weight excluding hydrogens is 384 g/mol. The number of methoxy groups -OCH3 is 1. The number of allylic oxidation sites excluding steroid dienone is 1. The topological polar surface area (TPSA) is 51.5 Å². The molecule has 29 heavy (non-hydrogen) atoms. The molecule has 2 aliphatic carbocycles. The fraction of sp³-hybridized carbons (Fsp3) is 0.652. The second kappa shape index (κ2) is 8.27. The van der Waals surface area contributed by atoms with Gasteiger partial charge in [0.1, 0.15) is 5.82 Å². The van der Waals surface area contributed by atoms with Crippen molar-refractivity contribution in [3.63, 3.8) is 0 Å². The van der Waals surface area contributed by atoms with Crippen LogP contribution in [0, 0.1) is 12.8 Å². The summed E-state index contributed by atoms with van der Waals surface area (Å²) in [6.07, 6.45) is 8.56. The van der Waals surface area contributed by atoms with E-state index >= 15 is 0 Å². The lowest BCUT2D eigenvalue weighted by Crippen LogP contribution is -2.25. The first-order valence-electron chi connectivity index (χ1n) is 11.1. The van der Waals surface area contributed by atoms with Crippen molar-refractivity contribution in [3.8, 4) is 0 Å². The highest BCUT2D eigenvalue weighted by molar-refractivity contribution is 6.30. The molecule has 0 fully saturated rings. The molecular formula is C23H33ClN4O. The molecule has 0 aromatic carbocycles. The van der Waals surface area contributed by atoms with Crippen LogP contribution in [-0.2, 0) is 17.6 Å². The molecule has 0 saturated heterocycles. The van der Waals surface area contributed by atoms with Crippen molar-refractivity contribution in [2.45, 2.75) is 84.3 Å². The molecule has 2 aromatic heterocycles. The third-order valence-corrected chi connectivity index (χ3v) is 7.17. The van der Waals surface area contributed by atoms with Crippen LogP contribution in [0.3, 0.4) is 0 Å². The second-order valence-corrected chi connectivity index (χ2v) is 9.09. The zero-order chi connectivity index (χ0) is 20.7. The van der Waals surface area contributed by atoms with E-state index in [1.807, 2.05) is 0 Å². The molecule has 0 radical (unpaired) electrons. The van der Waals surface area contributed by atoms with Crippen molar-refractivity contribution in [1.82, 2.24) is 14.6 Å². The largest absolute Gasteiger partial charge is 0.377 e. The minimum absolute atomic E-state index is 0.0743. The maximum Gasteiger partial charge on any atom is 0.161 e. The van der Waals surface area contributed by atoms with E-state index in [4.69, 9.17) is 26.4 Å². The number of anilines is 1. The zero-order valence-corrected chi connectivity index (χ0v) is 19.0. The minimum atomic E-state index is 0.0743. The summed E-state index contributed by atoms with van der Waals surface area (Å²) in [6, 6.07) is 0.443. The third-order valence-electron chi connectivity index (χ3n) is 6.78. The first-order chi connectivity index (χ1) is 14.0. The van der Waals surface area contributed by atoms with Crippen LogP contribution >= 0.6 is 11.6 Å². The number of halogens is 1. The van der Waals surface area contributed by atoms with E-state index in [1.165, 1.54) is 16.8 Å². The average molecular weight is 417 g/mol. The highest BCUT2D eigenvalue weighted by Gasteiger charge is 2.34. The highest BCUT2D eigenvalue weighted by atomic mass is 35.5. The van der Waals surface area contributed by atoms with Crippen molar-refractivity contribution >= 4 is 23.1 Å². The monoisotopic (exact) mass is 416 g/mol. The van der Waals surface area contributed by atoms with Gasteiger partial charge in [0.15, 0.2) is 5.65 Å². The van der Waals surface area contributed by atoms with Gasteiger partial charge in [0.25, 0.3) is 0 Å². The number of fused-ring (bicyclic) bond motifs is 2. The first kappa shape index (κ1) is 20.7. The van der Waals surface area contributed by atoms with Crippen LogP contribution in [0.5, 0.6) is 0 Å². The van der Waals surface area contributed by atoms with Crippen molar-refractivity contribution < 1.29 is 4.74 Å². The summed E-state index contributed by atoms with van der Waals surface area (Å²) < 4.78 is 7.66. The lowest BCUT2D eigenvalue weighted by molar-refractivity contribution is 0.0851. The highest BCUT2D eigenvalue weighted by Crippen LogP contribution is 2.43. The van der Waals surface area contributed by atoms with Gasteiger partial charge < -0.3 is 10.1 Å². The summed E-state index contributed by atoms with van der Waals surface area (Å²) in [5.74, 6) is 1.67. The van der Waals surface area contributed by atoms with Gasteiger partial charge in [-0.05, 0) is 57.4 Å². The molecule has 0 amide bonds. The molecule has 0 spiro atoms. The molecule has 0 aliphatic heterocycles.